The zero-order chi connectivity index (χ0) is 12.3. The summed E-state index contributed by atoms with van der Waals surface area (Å²) in [5.41, 5.74) is 0.640. The van der Waals surface area contributed by atoms with E-state index >= 15 is 0 Å². The van der Waals surface area contributed by atoms with Crippen molar-refractivity contribution in [2.24, 2.45) is 0 Å². The van der Waals surface area contributed by atoms with Gasteiger partial charge in [0.1, 0.15) is 5.75 Å². The highest BCUT2D eigenvalue weighted by Crippen LogP contribution is 2.21. The normalized spacial score (nSPS) is 19.6. The fourth-order valence-electron chi connectivity index (χ4n) is 2.28. The molecule has 2 N–H and O–H groups in total. The first-order valence-corrected chi connectivity index (χ1v) is 5.89. The standard InChI is InChI=1S/C13H17NO3/c15-9-11-5-3-7-14(11)13(17)8-10-4-1-2-6-12(10)16/h1-2,4,6,11,15-16H,3,5,7-9H2. The maximum Gasteiger partial charge on any atom is 0.227 e. The molecule has 1 aromatic rings. The Balaban J connectivity index is 2.04. The van der Waals surface area contributed by atoms with Crippen molar-refractivity contribution in [2.45, 2.75) is 25.3 Å². The first-order chi connectivity index (χ1) is 8.22. The minimum atomic E-state index is -0.0478. The number of aromatic hydroxyl groups is 1. The van der Waals surface area contributed by atoms with Gasteiger partial charge in [-0.05, 0) is 18.9 Å². The third-order valence-electron chi connectivity index (χ3n) is 3.24. The first kappa shape index (κ1) is 11.9. The third-order valence-corrected chi connectivity index (χ3v) is 3.24. The molecule has 0 aromatic heterocycles. The molecule has 1 aliphatic rings. The van der Waals surface area contributed by atoms with E-state index in [4.69, 9.17) is 5.11 Å². The van der Waals surface area contributed by atoms with Crippen LogP contribution in [0.4, 0.5) is 0 Å². The Labute approximate surface area is 100 Å². The summed E-state index contributed by atoms with van der Waals surface area (Å²) in [6.07, 6.45) is 2.00. The molecule has 1 heterocycles. The number of hydrogen-bond donors (Lipinski definition) is 2. The number of aliphatic hydroxyl groups is 1. The smallest absolute Gasteiger partial charge is 0.227 e. The van der Waals surface area contributed by atoms with Gasteiger partial charge in [-0.3, -0.25) is 4.79 Å². The highest BCUT2D eigenvalue weighted by atomic mass is 16.3. The lowest BCUT2D eigenvalue weighted by Gasteiger charge is -2.23. The molecule has 2 rings (SSSR count). The summed E-state index contributed by atoms with van der Waals surface area (Å²) in [4.78, 5) is 13.8. The van der Waals surface area contributed by atoms with E-state index in [0.29, 0.717) is 12.1 Å². The molecule has 0 saturated carbocycles. The van der Waals surface area contributed by atoms with Crippen molar-refractivity contribution in [3.8, 4) is 5.75 Å². The predicted octanol–water partition coefficient (Wildman–Crippen LogP) is 0.918. The summed E-state index contributed by atoms with van der Waals surface area (Å²) in [6, 6.07) is 6.81. The number of para-hydroxylation sites is 1. The quantitative estimate of drug-likeness (QED) is 0.819. The van der Waals surface area contributed by atoms with E-state index in [-0.39, 0.29) is 30.7 Å². The molecule has 1 amide bonds. The minimum absolute atomic E-state index is 0.0203. The lowest BCUT2D eigenvalue weighted by Crippen LogP contribution is -2.38. The van der Waals surface area contributed by atoms with E-state index < -0.39 is 0 Å². The van der Waals surface area contributed by atoms with Crippen LogP contribution >= 0.6 is 0 Å². The Morgan fingerprint density at radius 1 is 1.41 bits per heavy atom. The molecular formula is C13H17NO3. The third kappa shape index (κ3) is 2.58. The highest BCUT2D eigenvalue weighted by Gasteiger charge is 2.28. The van der Waals surface area contributed by atoms with Crippen molar-refractivity contribution in [3.63, 3.8) is 0 Å². The molecule has 92 valence electrons. The second-order valence-electron chi connectivity index (χ2n) is 4.37. The van der Waals surface area contributed by atoms with Crippen molar-refractivity contribution in [1.29, 1.82) is 0 Å². The Morgan fingerprint density at radius 3 is 2.88 bits per heavy atom. The summed E-state index contributed by atoms with van der Waals surface area (Å²) in [7, 11) is 0. The second kappa shape index (κ2) is 5.19. The van der Waals surface area contributed by atoms with E-state index in [1.54, 1.807) is 29.2 Å². The van der Waals surface area contributed by atoms with Crippen LogP contribution in [-0.2, 0) is 11.2 Å². The zero-order valence-electron chi connectivity index (χ0n) is 9.67. The van der Waals surface area contributed by atoms with Crippen molar-refractivity contribution < 1.29 is 15.0 Å². The van der Waals surface area contributed by atoms with Gasteiger partial charge in [0.05, 0.1) is 19.1 Å². The molecule has 0 radical (unpaired) electrons. The van der Waals surface area contributed by atoms with E-state index in [1.807, 2.05) is 0 Å². The van der Waals surface area contributed by atoms with E-state index in [2.05, 4.69) is 0 Å². The molecule has 0 aliphatic carbocycles. The number of rotatable bonds is 3. The molecule has 1 fully saturated rings. The molecule has 0 spiro atoms. The Hall–Kier alpha value is -1.55. The zero-order valence-corrected chi connectivity index (χ0v) is 9.67. The molecule has 17 heavy (non-hydrogen) atoms. The van der Waals surface area contributed by atoms with Gasteiger partial charge < -0.3 is 15.1 Å². The monoisotopic (exact) mass is 235 g/mol. The summed E-state index contributed by atoms with van der Waals surface area (Å²) < 4.78 is 0. The van der Waals surface area contributed by atoms with Gasteiger partial charge in [0.15, 0.2) is 0 Å². The van der Waals surface area contributed by atoms with Crippen LogP contribution in [0.25, 0.3) is 0 Å². The molecule has 1 unspecified atom stereocenters. The molecule has 4 nitrogen and oxygen atoms in total. The predicted molar refractivity (Wildman–Crippen MR) is 63.6 cm³/mol. The summed E-state index contributed by atoms with van der Waals surface area (Å²) in [6.45, 7) is 0.726. The topological polar surface area (TPSA) is 60.8 Å². The number of benzene rings is 1. The van der Waals surface area contributed by atoms with Crippen LogP contribution in [0.3, 0.4) is 0 Å². The molecule has 1 aliphatic heterocycles. The van der Waals surface area contributed by atoms with Gasteiger partial charge in [0, 0.05) is 12.1 Å². The average molecular weight is 235 g/mol. The van der Waals surface area contributed by atoms with Gasteiger partial charge in [-0.2, -0.15) is 0 Å². The number of nitrogens with zero attached hydrogens (tertiary/aromatic N) is 1. The Morgan fingerprint density at radius 2 is 2.18 bits per heavy atom. The van der Waals surface area contributed by atoms with Gasteiger partial charge >= 0.3 is 0 Å². The number of carbonyl (C=O) groups excluding carboxylic acids is 1. The number of hydrogen-bond acceptors (Lipinski definition) is 3. The Kier molecular flexibility index (Phi) is 3.64. The van der Waals surface area contributed by atoms with E-state index in [1.165, 1.54) is 0 Å². The number of carbonyl (C=O) groups is 1. The SMILES string of the molecule is O=C(Cc1ccccc1O)N1CCCC1CO. The summed E-state index contributed by atoms with van der Waals surface area (Å²) >= 11 is 0. The van der Waals surface area contributed by atoms with Crippen molar-refractivity contribution in [3.05, 3.63) is 29.8 Å². The van der Waals surface area contributed by atoms with E-state index in [9.17, 15) is 9.90 Å². The number of likely N-dealkylation sites (tertiary alicyclic amines) is 1. The van der Waals surface area contributed by atoms with Crippen molar-refractivity contribution in [1.82, 2.24) is 4.90 Å². The van der Waals surface area contributed by atoms with Gasteiger partial charge in [-0.1, -0.05) is 18.2 Å². The van der Waals surface area contributed by atoms with Crippen molar-refractivity contribution >= 4 is 5.91 Å². The lowest BCUT2D eigenvalue weighted by molar-refractivity contribution is -0.132. The fourth-order valence-corrected chi connectivity index (χ4v) is 2.28. The first-order valence-electron chi connectivity index (χ1n) is 5.89. The van der Waals surface area contributed by atoms with Crippen LogP contribution in [0.15, 0.2) is 24.3 Å². The van der Waals surface area contributed by atoms with Gasteiger partial charge in [-0.25, -0.2) is 0 Å². The molecule has 0 bridgehead atoms. The molecule has 1 aromatic carbocycles. The molecular weight excluding hydrogens is 218 g/mol. The van der Waals surface area contributed by atoms with Gasteiger partial charge in [-0.15, -0.1) is 0 Å². The highest BCUT2D eigenvalue weighted by molar-refractivity contribution is 5.80. The number of aliphatic hydroxyl groups excluding tert-OH is 1. The van der Waals surface area contributed by atoms with E-state index in [0.717, 1.165) is 12.8 Å². The van der Waals surface area contributed by atoms with Crippen LogP contribution in [0.5, 0.6) is 5.75 Å². The summed E-state index contributed by atoms with van der Waals surface area (Å²) in [5, 5.41) is 18.8. The van der Waals surface area contributed by atoms with Crippen LogP contribution < -0.4 is 0 Å². The average Bonchev–Trinajstić information content (AvgIpc) is 2.80. The number of phenols is 1. The minimum Gasteiger partial charge on any atom is -0.508 e. The van der Waals surface area contributed by atoms with Crippen molar-refractivity contribution in [2.75, 3.05) is 13.2 Å². The lowest BCUT2D eigenvalue weighted by atomic mass is 10.1. The molecule has 1 saturated heterocycles. The molecule has 1 atom stereocenters. The molecule has 4 heteroatoms. The van der Waals surface area contributed by atoms with Crippen LogP contribution in [-0.4, -0.2) is 40.2 Å². The maximum absolute atomic E-state index is 12.0. The van der Waals surface area contributed by atoms with Crippen LogP contribution in [0.2, 0.25) is 0 Å². The largest absolute Gasteiger partial charge is 0.508 e. The maximum atomic E-state index is 12.0. The van der Waals surface area contributed by atoms with Gasteiger partial charge in [0.25, 0.3) is 0 Å². The second-order valence-corrected chi connectivity index (χ2v) is 4.37. The number of amides is 1. The van der Waals surface area contributed by atoms with Crippen LogP contribution in [0.1, 0.15) is 18.4 Å². The fraction of sp³-hybridized carbons (Fsp3) is 0.462. The Bertz CT molecular complexity index is 405. The van der Waals surface area contributed by atoms with Crippen LogP contribution in [0, 0.1) is 0 Å². The number of phenolic OH excluding ortho intramolecular Hbond substituents is 1. The summed E-state index contributed by atoms with van der Waals surface area (Å²) in [5.74, 6) is 0.128. The van der Waals surface area contributed by atoms with Gasteiger partial charge in [0.2, 0.25) is 5.91 Å².